The normalized spacial score (nSPS) is 16.1. The predicted molar refractivity (Wildman–Crippen MR) is 82.9 cm³/mol. The van der Waals surface area contributed by atoms with Gasteiger partial charge in [0.15, 0.2) is 6.10 Å². The lowest BCUT2D eigenvalue weighted by Gasteiger charge is -2.24. The standard InChI is InChI=1S/C13H19N3O2.2ClH/c1-11(18-12-4-2-5-15-10-12)13(17)16-8-3-6-14-7-9-16;;/h2,4-5,10-11,14H,3,6-9H2,1H3;2*1H. The van der Waals surface area contributed by atoms with Crippen LogP contribution in [-0.4, -0.2) is 48.1 Å². The Labute approximate surface area is 131 Å². The SMILES string of the molecule is CC(Oc1cccnc1)C(=O)N1CCCNCC1.Cl.Cl. The first-order valence-electron chi connectivity index (χ1n) is 6.33. The predicted octanol–water partition coefficient (Wildman–Crippen LogP) is 1.51. The molecule has 1 aliphatic heterocycles. The highest BCUT2D eigenvalue weighted by molar-refractivity contribution is 5.85. The highest BCUT2D eigenvalue weighted by Gasteiger charge is 2.22. The molecule has 7 heteroatoms. The van der Waals surface area contributed by atoms with Gasteiger partial charge in [-0.05, 0) is 32.0 Å². The average Bonchev–Trinajstić information content (AvgIpc) is 2.68. The summed E-state index contributed by atoms with van der Waals surface area (Å²) in [5.74, 6) is 0.675. The number of nitrogens with one attached hydrogen (secondary N) is 1. The Morgan fingerprint density at radius 3 is 2.90 bits per heavy atom. The maximum absolute atomic E-state index is 12.2. The third-order valence-electron chi connectivity index (χ3n) is 2.95. The molecule has 114 valence electrons. The van der Waals surface area contributed by atoms with Gasteiger partial charge in [-0.2, -0.15) is 0 Å². The Hall–Kier alpha value is -1.04. The molecule has 1 aromatic heterocycles. The molecule has 1 aromatic rings. The molecule has 2 heterocycles. The molecule has 1 N–H and O–H groups in total. The molecular weight excluding hydrogens is 301 g/mol. The lowest BCUT2D eigenvalue weighted by atomic mass is 10.3. The van der Waals surface area contributed by atoms with E-state index >= 15 is 0 Å². The van der Waals surface area contributed by atoms with Crippen LogP contribution >= 0.6 is 24.8 Å². The molecule has 1 saturated heterocycles. The van der Waals surface area contributed by atoms with Gasteiger partial charge in [-0.25, -0.2) is 0 Å². The summed E-state index contributed by atoms with van der Waals surface area (Å²) in [7, 11) is 0. The Balaban J connectivity index is 0.00000180. The van der Waals surface area contributed by atoms with Crippen LogP contribution in [0.4, 0.5) is 0 Å². The largest absolute Gasteiger partial charge is 0.479 e. The van der Waals surface area contributed by atoms with Gasteiger partial charge >= 0.3 is 0 Å². The van der Waals surface area contributed by atoms with Gasteiger partial charge in [-0.1, -0.05) is 0 Å². The summed E-state index contributed by atoms with van der Waals surface area (Å²) in [5.41, 5.74) is 0. The average molecular weight is 322 g/mol. The first-order valence-corrected chi connectivity index (χ1v) is 6.33. The van der Waals surface area contributed by atoms with Crippen LogP contribution in [0.3, 0.4) is 0 Å². The molecule has 20 heavy (non-hydrogen) atoms. The van der Waals surface area contributed by atoms with E-state index in [0.717, 1.165) is 32.6 Å². The van der Waals surface area contributed by atoms with Gasteiger partial charge in [0.05, 0.1) is 6.20 Å². The zero-order chi connectivity index (χ0) is 12.8. The summed E-state index contributed by atoms with van der Waals surface area (Å²) in [6, 6.07) is 3.60. The van der Waals surface area contributed by atoms with Crippen molar-refractivity contribution in [3.05, 3.63) is 24.5 Å². The van der Waals surface area contributed by atoms with E-state index in [-0.39, 0.29) is 30.7 Å². The summed E-state index contributed by atoms with van der Waals surface area (Å²) in [4.78, 5) is 18.0. The number of nitrogens with zero attached hydrogens (tertiary/aromatic N) is 2. The Morgan fingerprint density at radius 1 is 1.40 bits per heavy atom. The van der Waals surface area contributed by atoms with Crippen molar-refractivity contribution >= 4 is 30.7 Å². The van der Waals surface area contributed by atoms with E-state index < -0.39 is 6.10 Å². The highest BCUT2D eigenvalue weighted by Crippen LogP contribution is 2.11. The molecule has 0 bridgehead atoms. The van der Waals surface area contributed by atoms with Crippen molar-refractivity contribution in [1.82, 2.24) is 15.2 Å². The van der Waals surface area contributed by atoms with Gasteiger partial charge in [-0.15, -0.1) is 24.8 Å². The van der Waals surface area contributed by atoms with Crippen LogP contribution in [0.2, 0.25) is 0 Å². The van der Waals surface area contributed by atoms with Crippen LogP contribution in [0, 0.1) is 0 Å². The Bertz CT molecular complexity index is 384. The first-order chi connectivity index (χ1) is 8.77. The van der Waals surface area contributed by atoms with Crippen molar-refractivity contribution in [2.75, 3.05) is 26.2 Å². The molecule has 1 atom stereocenters. The molecule has 1 unspecified atom stereocenters. The molecule has 1 fully saturated rings. The van der Waals surface area contributed by atoms with Crippen LogP contribution in [0.1, 0.15) is 13.3 Å². The van der Waals surface area contributed by atoms with Gasteiger partial charge < -0.3 is 15.0 Å². The number of rotatable bonds is 3. The van der Waals surface area contributed by atoms with Gasteiger partial charge in [-0.3, -0.25) is 9.78 Å². The van der Waals surface area contributed by atoms with E-state index in [1.54, 1.807) is 31.5 Å². The topological polar surface area (TPSA) is 54.5 Å². The molecule has 1 amide bonds. The number of carbonyl (C=O) groups excluding carboxylic acids is 1. The molecule has 0 aromatic carbocycles. The van der Waals surface area contributed by atoms with Gasteiger partial charge in [0.1, 0.15) is 5.75 Å². The van der Waals surface area contributed by atoms with Crippen molar-refractivity contribution < 1.29 is 9.53 Å². The molecule has 1 aliphatic rings. The zero-order valence-electron chi connectivity index (χ0n) is 11.4. The summed E-state index contributed by atoms with van der Waals surface area (Å²) in [6.07, 6.45) is 3.83. The van der Waals surface area contributed by atoms with Crippen molar-refractivity contribution in [1.29, 1.82) is 0 Å². The molecule has 0 spiro atoms. The van der Waals surface area contributed by atoms with E-state index in [1.807, 2.05) is 4.90 Å². The van der Waals surface area contributed by atoms with Crippen molar-refractivity contribution in [2.45, 2.75) is 19.4 Å². The van der Waals surface area contributed by atoms with E-state index in [1.165, 1.54) is 0 Å². The van der Waals surface area contributed by atoms with Crippen LogP contribution in [0.5, 0.6) is 5.75 Å². The number of hydrogen-bond acceptors (Lipinski definition) is 4. The van der Waals surface area contributed by atoms with Gasteiger partial charge in [0.2, 0.25) is 0 Å². The summed E-state index contributed by atoms with van der Waals surface area (Å²) < 4.78 is 5.60. The number of aromatic nitrogens is 1. The van der Waals surface area contributed by atoms with Crippen molar-refractivity contribution in [3.8, 4) is 5.75 Å². The molecular formula is C13H21Cl2N3O2. The first kappa shape index (κ1) is 19.0. The monoisotopic (exact) mass is 321 g/mol. The van der Waals surface area contributed by atoms with Gasteiger partial charge in [0.25, 0.3) is 5.91 Å². The second kappa shape index (κ2) is 9.80. The van der Waals surface area contributed by atoms with Crippen LogP contribution in [0.15, 0.2) is 24.5 Å². The molecule has 0 radical (unpaired) electrons. The lowest BCUT2D eigenvalue weighted by molar-refractivity contribution is -0.137. The van der Waals surface area contributed by atoms with Crippen LogP contribution in [0.25, 0.3) is 0 Å². The van der Waals surface area contributed by atoms with Crippen LogP contribution in [-0.2, 0) is 4.79 Å². The smallest absolute Gasteiger partial charge is 0.263 e. The zero-order valence-corrected chi connectivity index (χ0v) is 13.1. The lowest BCUT2D eigenvalue weighted by Crippen LogP contribution is -2.42. The fourth-order valence-electron chi connectivity index (χ4n) is 1.99. The fourth-order valence-corrected chi connectivity index (χ4v) is 1.99. The summed E-state index contributed by atoms with van der Waals surface area (Å²) >= 11 is 0. The molecule has 5 nitrogen and oxygen atoms in total. The number of halogens is 2. The third-order valence-corrected chi connectivity index (χ3v) is 2.95. The fraction of sp³-hybridized carbons (Fsp3) is 0.538. The maximum atomic E-state index is 12.2. The van der Waals surface area contributed by atoms with E-state index in [2.05, 4.69) is 10.3 Å². The summed E-state index contributed by atoms with van der Waals surface area (Å²) in [5, 5.41) is 3.28. The Kier molecular flexibility index (Phi) is 9.29. The quantitative estimate of drug-likeness (QED) is 0.917. The number of pyridine rings is 1. The number of carbonyl (C=O) groups is 1. The minimum absolute atomic E-state index is 0. The number of hydrogen-bond donors (Lipinski definition) is 1. The maximum Gasteiger partial charge on any atom is 0.263 e. The minimum Gasteiger partial charge on any atom is -0.479 e. The number of amides is 1. The van der Waals surface area contributed by atoms with Crippen molar-refractivity contribution in [3.63, 3.8) is 0 Å². The molecule has 2 rings (SSSR count). The van der Waals surface area contributed by atoms with Crippen LogP contribution < -0.4 is 10.1 Å². The highest BCUT2D eigenvalue weighted by atomic mass is 35.5. The minimum atomic E-state index is -0.465. The molecule has 0 saturated carbocycles. The Morgan fingerprint density at radius 2 is 2.20 bits per heavy atom. The third kappa shape index (κ3) is 5.53. The van der Waals surface area contributed by atoms with Crippen molar-refractivity contribution in [2.24, 2.45) is 0 Å². The second-order valence-corrected chi connectivity index (χ2v) is 4.38. The van der Waals surface area contributed by atoms with E-state index in [0.29, 0.717) is 5.75 Å². The second-order valence-electron chi connectivity index (χ2n) is 4.38. The van der Waals surface area contributed by atoms with Gasteiger partial charge in [0, 0.05) is 25.8 Å². The van der Waals surface area contributed by atoms with E-state index in [9.17, 15) is 4.79 Å². The van der Waals surface area contributed by atoms with E-state index in [4.69, 9.17) is 4.74 Å². The number of ether oxygens (including phenoxy) is 1. The summed E-state index contributed by atoms with van der Waals surface area (Å²) in [6.45, 7) is 5.16. The molecule has 0 aliphatic carbocycles.